The highest BCUT2D eigenvalue weighted by atomic mass is 32.1. The number of fused-ring (bicyclic) bond motifs is 3. The minimum Gasteiger partial charge on any atom is -0.494 e. The number of unbranched alkanes of at least 4 members (excludes halogenated alkanes) is 8. The number of rotatable bonds is 46. The Hall–Kier alpha value is -15.6. The van der Waals surface area contributed by atoms with Crippen LogP contribution in [-0.2, 0) is 35.5 Å². The summed E-state index contributed by atoms with van der Waals surface area (Å²) in [6.45, 7) is 16.0. The molecule has 0 saturated carbocycles. The van der Waals surface area contributed by atoms with Gasteiger partial charge in [0.2, 0.25) is 0 Å². The van der Waals surface area contributed by atoms with E-state index in [1.54, 1.807) is 0 Å². The van der Waals surface area contributed by atoms with Crippen molar-refractivity contribution in [3.63, 3.8) is 0 Å². The van der Waals surface area contributed by atoms with Crippen molar-refractivity contribution in [3.05, 3.63) is 483 Å². The van der Waals surface area contributed by atoms with E-state index in [4.69, 9.17) is 18.9 Å². The van der Waals surface area contributed by atoms with Gasteiger partial charge in [0.25, 0.3) is 0 Å². The van der Waals surface area contributed by atoms with Gasteiger partial charge in [0, 0.05) is 102 Å². The molecule has 19 rings (SSSR count). The summed E-state index contributed by atoms with van der Waals surface area (Å²) in [5.74, 6) is 1.76. The van der Waals surface area contributed by atoms with E-state index in [-0.39, 0.29) is 0 Å². The molecule has 710 valence electrons. The van der Waals surface area contributed by atoms with E-state index in [9.17, 15) is 0 Å². The van der Waals surface area contributed by atoms with Crippen molar-refractivity contribution in [2.24, 2.45) is 0 Å². The summed E-state index contributed by atoms with van der Waals surface area (Å²) in [5.41, 5.74) is 34.5. The lowest BCUT2D eigenvalue weighted by Crippen LogP contribution is -2.10. The van der Waals surface area contributed by atoms with Gasteiger partial charge in [0.15, 0.2) is 0 Å². The maximum absolute atomic E-state index is 6.16. The van der Waals surface area contributed by atoms with Crippen LogP contribution in [0.5, 0.6) is 11.5 Å². The molecule has 0 atom stereocenters. The molecule has 8 nitrogen and oxygen atoms in total. The lowest BCUT2D eigenvalue weighted by molar-refractivity contribution is 0.113. The Kier molecular flexibility index (Phi) is 32.3. The highest BCUT2D eigenvalue weighted by Crippen LogP contribution is 2.47. The fourth-order valence-corrected chi connectivity index (χ4v) is 20.2. The number of hydrogen-bond donors (Lipinski definition) is 0. The number of benzene rings is 18. The third-order valence-corrected chi connectivity index (χ3v) is 28.2. The van der Waals surface area contributed by atoms with Crippen molar-refractivity contribution in [2.75, 3.05) is 46.0 Å². The van der Waals surface area contributed by atoms with Crippen LogP contribution in [0, 0.1) is 0 Å². The average molecular weight is 1890 g/mol. The smallest absolute Gasteiger partial charge is 0.119 e. The standard InChI is InChI=1S/C134H124N4O4S/c1-5-9-11-15-25-101-31-67-119(68-32-101)135(121-71-35-103(36-72-121)97-139-91-21-23-93-141-129-85-39-99(7-3)40-86-129)123-75-59-113(60-76-123)109-51-43-105(44-52-109)107-47-55-111(56-48-107)115-63-79-125(80-64-115)137(117-27-17-13-18-28-117)127-83-89-131-132-90-84-128(96-134(132)143-133(131)95-127)138(118-29-19-14-20-30-118)126-81-65-116(66-82-126)112-57-49-108(50-58-112)106-45-53-110(54-46-106)114-61-77-124(78-62-114)136(120-69-33-102(34-70-120)26-16-12-10-6-2)122-73-37-104(38-74-122)98-140-92-22-24-94-142-130-87-41-100(8-4)42-88-130/h7-8,13-14,17-20,27-90,95-96H,3-6,9-12,15-16,21-26,91-94,97-98H2,1-2H3. The molecule has 0 aliphatic carbocycles. The van der Waals surface area contributed by atoms with Crippen LogP contribution in [0.4, 0.5) is 68.2 Å². The van der Waals surface area contributed by atoms with Crippen molar-refractivity contribution < 1.29 is 18.9 Å². The van der Waals surface area contributed by atoms with Gasteiger partial charge in [-0.3, -0.25) is 0 Å². The van der Waals surface area contributed by atoms with Crippen molar-refractivity contribution in [1.29, 1.82) is 0 Å². The molecule has 0 spiro atoms. The molecule has 0 aliphatic rings. The Balaban J connectivity index is 0.486. The van der Waals surface area contributed by atoms with E-state index in [0.717, 1.165) is 163 Å². The Morgan fingerprint density at radius 1 is 0.217 bits per heavy atom. The van der Waals surface area contributed by atoms with Crippen molar-refractivity contribution >= 4 is 112 Å². The lowest BCUT2D eigenvalue weighted by Gasteiger charge is -2.26. The van der Waals surface area contributed by atoms with Crippen LogP contribution >= 0.6 is 11.3 Å². The molecule has 0 fully saturated rings. The third-order valence-electron chi connectivity index (χ3n) is 27.1. The molecular formula is C134H124N4O4S. The molecule has 143 heavy (non-hydrogen) atoms. The van der Waals surface area contributed by atoms with Gasteiger partial charge in [-0.25, -0.2) is 0 Å². The average Bonchev–Trinajstić information content (AvgIpc) is 1.62. The van der Waals surface area contributed by atoms with Gasteiger partial charge in [-0.2, -0.15) is 0 Å². The molecule has 19 aromatic rings. The summed E-state index contributed by atoms with van der Waals surface area (Å²) >= 11 is 1.85. The van der Waals surface area contributed by atoms with Gasteiger partial charge < -0.3 is 38.5 Å². The molecule has 0 N–H and O–H groups in total. The first-order valence-electron chi connectivity index (χ1n) is 51.0. The number of nitrogens with zero attached hydrogens (tertiary/aromatic N) is 4. The van der Waals surface area contributed by atoms with Gasteiger partial charge in [0.1, 0.15) is 11.5 Å². The Bertz CT molecular complexity index is 6830. The molecule has 0 saturated heterocycles. The van der Waals surface area contributed by atoms with Crippen molar-refractivity contribution in [2.45, 2.75) is 117 Å². The largest absolute Gasteiger partial charge is 0.494 e. The summed E-state index contributed by atoms with van der Waals surface area (Å²) in [6.07, 6.45) is 19.6. The molecule has 0 amide bonds. The monoisotopic (exact) mass is 1880 g/mol. The summed E-state index contributed by atoms with van der Waals surface area (Å²) < 4.78 is 26.7. The second-order valence-corrected chi connectivity index (χ2v) is 38.1. The third kappa shape index (κ3) is 24.5. The van der Waals surface area contributed by atoms with Gasteiger partial charge >= 0.3 is 0 Å². The van der Waals surface area contributed by atoms with Crippen LogP contribution in [0.3, 0.4) is 0 Å². The van der Waals surface area contributed by atoms with Crippen molar-refractivity contribution in [1.82, 2.24) is 0 Å². The minimum absolute atomic E-state index is 0.563. The van der Waals surface area contributed by atoms with Crippen molar-refractivity contribution in [3.8, 4) is 78.3 Å². The predicted octanol–water partition coefficient (Wildman–Crippen LogP) is 38.2. The van der Waals surface area contributed by atoms with Gasteiger partial charge in [0.05, 0.1) is 26.4 Å². The van der Waals surface area contributed by atoms with E-state index in [0.29, 0.717) is 39.6 Å². The van der Waals surface area contributed by atoms with Gasteiger partial charge in [-0.1, -0.05) is 345 Å². The summed E-state index contributed by atoms with van der Waals surface area (Å²) in [6, 6.07) is 159. The summed E-state index contributed by atoms with van der Waals surface area (Å²) in [5, 5.41) is 2.48. The number of anilines is 12. The topological polar surface area (TPSA) is 49.9 Å². The summed E-state index contributed by atoms with van der Waals surface area (Å²) in [4.78, 5) is 9.47. The van der Waals surface area contributed by atoms with Crippen LogP contribution in [0.25, 0.3) is 99.1 Å². The molecule has 0 radical (unpaired) electrons. The fourth-order valence-electron chi connectivity index (χ4n) is 19.0. The molecule has 0 aliphatic heterocycles. The Morgan fingerprint density at radius 2 is 0.448 bits per heavy atom. The number of aryl methyl sites for hydroxylation is 2. The number of hydrogen-bond acceptors (Lipinski definition) is 9. The second kappa shape index (κ2) is 48.0. The van der Waals surface area contributed by atoms with Crippen LogP contribution in [0.2, 0.25) is 0 Å². The quantitative estimate of drug-likeness (QED) is 0.0350. The molecule has 0 unspecified atom stereocenters. The zero-order valence-corrected chi connectivity index (χ0v) is 82.9. The molecule has 0 bridgehead atoms. The van der Waals surface area contributed by atoms with E-state index >= 15 is 0 Å². The van der Waals surface area contributed by atoms with Gasteiger partial charge in [-0.05, 0) is 321 Å². The maximum Gasteiger partial charge on any atom is 0.119 e. The predicted molar refractivity (Wildman–Crippen MR) is 608 cm³/mol. The zero-order chi connectivity index (χ0) is 97.1. The van der Waals surface area contributed by atoms with Gasteiger partial charge in [-0.15, -0.1) is 11.3 Å². The molecule has 1 heterocycles. The van der Waals surface area contributed by atoms with E-state index < -0.39 is 0 Å². The fraction of sp³-hybridized carbons (Fsp3) is 0.164. The van der Waals surface area contributed by atoms with Crippen LogP contribution in [-0.4, -0.2) is 26.4 Å². The lowest BCUT2D eigenvalue weighted by atomic mass is 9.97. The highest BCUT2D eigenvalue weighted by molar-refractivity contribution is 7.25. The Labute approximate surface area is 849 Å². The zero-order valence-electron chi connectivity index (χ0n) is 82.1. The molecule has 18 aromatic carbocycles. The first kappa shape index (κ1) is 96.3. The first-order chi connectivity index (χ1) is 70.7. The number of ether oxygens (including phenoxy) is 4. The molecule has 9 heteroatoms. The normalized spacial score (nSPS) is 11.3. The van der Waals surface area contributed by atoms with E-state index in [1.807, 2.05) is 72.0 Å². The highest BCUT2D eigenvalue weighted by Gasteiger charge is 2.22. The van der Waals surface area contributed by atoms with E-state index in [2.05, 4.69) is 435 Å². The Morgan fingerprint density at radius 3 is 0.713 bits per heavy atom. The molecule has 1 aromatic heterocycles. The maximum atomic E-state index is 6.16. The number of para-hydroxylation sites is 2. The van der Waals surface area contributed by atoms with Crippen LogP contribution in [0.15, 0.2) is 450 Å². The summed E-state index contributed by atoms with van der Waals surface area (Å²) in [7, 11) is 0. The molecular weight excluding hydrogens is 1760 g/mol. The SMILES string of the molecule is C=Cc1ccc(OCCCCOCc2ccc(N(c3ccc(CCCCCC)cc3)c3ccc(-c4ccc(-c5ccc(-c6ccc(N(c7ccccc7)c7ccc8c(c7)sc7cc(N(c9ccccc9)c9ccc(-c%10ccc(-c%11ccc(-c%12ccc(N(c%13ccc(CCCCCC)cc%13)c%13ccc(COCCCCOc%14ccc(C=C)cc%14)cc%13)cc%12)cc%11)cc%10)cc9)ccc78)cc6)cc5)cc4)cc3)cc2)cc1. The number of thiophene rings is 1. The van der Waals surface area contributed by atoms with E-state index in [1.165, 1.54) is 127 Å². The van der Waals surface area contributed by atoms with Crippen LogP contribution < -0.4 is 29.1 Å². The second-order valence-electron chi connectivity index (χ2n) is 37.0. The minimum atomic E-state index is 0.563. The first-order valence-corrected chi connectivity index (χ1v) is 51.8. The van der Waals surface area contributed by atoms with Crippen LogP contribution in [0.1, 0.15) is 124 Å².